The average Bonchev–Trinajstić information content (AvgIpc) is 3.02. The molecule has 2 aliphatic rings. The number of aliphatic carboxylic acids is 1. The van der Waals surface area contributed by atoms with Crippen LogP contribution < -0.4 is 4.90 Å². The SMILES string of the molecule is CCc1ccccc1N1CC(C(=O)N2CCCC[C@@H]2C(=O)O)CC1=O. The first-order valence-electron chi connectivity index (χ1n) is 8.94. The highest BCUT2D eigenvalue weighted by Crippen LogP contribution is 2.30. The number of hydrogen-bond donors (Lipinski definition) is 1. The van der Waals surface area contributed by atoms with Crippen LogP contribution in [0.4, 0.5) is 5.69 Å². The number of para-hydroxylation sites is 1. The quantitative estimate of drug-likeness (QED) is 0.907. The summed E-state index contributed by atoms with van der Waals surface area (Å²) < 4.78 is 0. The molecule has 2 fully saturated rings. The third-order valence-corrected chi connectivity index (χ3v) is 5.21. The van der Waals surface area contributed by atoms with Crippen molar-refractivity contribution in [2.75, 3.05) is 18.0 Å². The second kappa shape index (κ2) is 7.25. The van der Waals surface area contributed by atoms with Gasteiger partial charge >= 0.3 is 5.97 Å². The van der Waals surface area contributed by atoms with Gasteiger partial charge in [0.2, 0.25) is 11.8 Å². The molecule has 1 N–H and O–H groups in total. The molecule has 1 aromatic carbocycles. The second-order valence-electron chi connectivity index (χ2n) is 6.77. The van der Waals surface area contributed by atoms with E-state index in [1.54, 1.807) is 4.90 Å². The molecule has 0 aromatic heterocycles. The molecule has 0 aliphatic carbocycles. The van der Waals surface area contributed by atoms with Crippen LogP contribution in [-0.4, -0.2) is 46.9 Å². The molecule has 2 heterocycles. The van der Waals surface area contributed by atoms with E-state index in [0.29, 0.717) is 19.5 Å². The number of carboxylic acids is 1. The Bertz CT molecular complexity index is 688. The second-order valence-corrected chi connectivity index (χ2v) is 6.77. The third kappa shape index (κ3) is 3.38. The van der Waals surface area contributed by atoms with E-state index in [0.717, 1.165) is 30.5 Å². The third-order valence-electron chi connectivity index (χ3n) is 5.21. The van der Waals surface area contributed by atoms with Gasteiger partial charge in [-0.2, -0.15) is 0 Å². The Labute approximate surface area is 147 Å². The summed E-state index contributed by atoms with van der Waals surface area (Å²) in [6, 6.07) is 6.97. The fourth-order valence-corrected chi connectivity index (χ4v) is 3.87. The van der Waals surface area contributed by atoms with Gasteiger partial charge in [-0.25, -0.2) is 4.79 Å². The van der Waals surface area contributed by atoms with Gasteiger partial charge in [-0.1, -0.05) is 25.1 Å². The minimum atomic E-state index is -0.953. The standard InChI is InChI=1S/C19H24N2O4/c1-2-13-7-3-4-8-15(13)21-12-14(11-17(21)22)18(23)20-10-6-5-9-16(20)19(24)25/h3-4,7-8,14,16H,2,5-6,9-12H2,1H3,(H,24,25)/t14?,16-/m1/s1. The lowest BCUT2D eigenvalue weighted by molar-refractivity contribution is -0.153. The van der Waals surface area contributed by atoms with Gasteiger partial charge in [0.05, 0.1) is 5.92 Å². The van der Waals surface area contributed by atoms with Crippen LogP contribution in [0.2, 0.25) is 0 Å². The first kappa shape index (κ1) is 17.5. The number of nitrogens with zero attached hydrogens (tertiary/aromatic N) is 2. The molecule has 6 heteroatoms. The maximum atomic E-state index is 12.9. The number of likely N-dealkylation sites (tertiary alicyclic amines) is 1. The number of piperidine rings is 1. The van der Waals surface area contributed by atoms with Gasteiger partial charge in [0.1, 0.15) is 6.04 Å². The monoisotopic (exact) mass is 344 g/mol. The van der Waals surface area contributed by atoms with Gasteiger partial charge in [0.15, 0.2) is 0 Å². The number of carbonyl (C=O) groups is 3. The summed E-state index contributed by atoms with van der Waals surface area (Å²) in [5.74, 6) is -1.68. The van der Waals surface area contributed by atoms with Crippen molar-refractivity contribution in [1.29, 1.82) is 0 Å². The molecule has 6 nitrogen and oxygen atoms in total. The zero-order valence-electron chi connectivity index (χ0n) is 14.5. The predicted octanol–water partition coefficient (Wildman–Crippen LogP) is 2.07. The Hall–Kier alpha value is -2.37. The van der Waals surface area contributed by atoms with E-state index in [1.165, 1.54) is 4.90 Å². The van der Waals surface area contributed by atoms with Crippen molar-refractivity contribution in [1.82, 2.24) is 4.90 Å². The normalized spacial score (nSPS) is 23.8. The van der Waals surface area contributed by atoms with Gasteiger partial charge in [-0.3, -0.25) is 9.59 Å². The summed E-state index contributed by atoms with van der Waals surface area (Å²) in [5.41, 5.74) is 1.93. The van der Waals surface area contributed by atoms with Gasteiger partial charge in [-0.15, -0.1) is 0 Å². The van der Waals surface area contributed by atoms with E-state index in [-0.39, 0.29) is 18.2 Å². The summed E-state index contributed by atoms with van der Waals surface area (Å²) in [7, 11) is 0. The Morgan fingerprint density at radius 2 is 2.00 bits per heavy atom. The number of aryl methyl sites for hydroxylation is 1. The largest absolute Gasteiger partial charge is 0.480 e. The molecule has 0 radical (unpaired) electrons. The molecule has 2 atom stereocenters. The van der Waals surface area contributed by atoms with Crippen LogP contribution in [0.1, 0.15) is 38.2 Å². The molecule has 134 valence electrons. The summed E-state index contributed by atoms with van der Waals surface area (Å²) in [6.07, 6.45) is 3.09. The minimum absolute atomic E-state index is 0.0665. The topological polar surface area (TPSA) is 77.9 Å². The molecular formula is C19H24N2O4. The van der Waals surface area contributed by atoms with Gasteiger partial charge < -0.3 is 14.9 Å². The summed E-state index contributed by atoms with van der Waals surface area (Å²) in [5, 5.41) is 9.38. The number of carboxylic acid groups (broad SMARTS) is 1. The lowest BCUT2D eigenvalue weighted by atomic mass is 9.98. The smallest absolute Gasteiger partial charge is 0.326 e. The van der Waals surface area contributed by atoms with Crippen molar-refractivity contribution >= 4 is 23.5 Å². The molecule has 2 saturated heterocycles. The van der Waals surface area contributed by atoms with Gasteiger partial charge in [0, 0.05) is 25.2 Å². The first-order valence-corrected chi connectivity index (χ1v) is 8.94. The van der Waals surface area contributed by atoms with Crippen molar-refractivity contribution in [3.63, 3.8) is 0 Å². The number of amides is 2. The molecule has 1 unspecified atom stereocenters. The lowest BCUT2D eigenvalue weighted by Gasteiger charge is -2.34. The molecule has 2 aliphatic heterocycles. The fourth-order valence-electron chi connectivity index (χ4n) is 3.87. The minimum Gasteiger partial charge on any atom is -0.480 e. The Balaban J connectivity index is 1.77. The fraction of sp³-hybridized carbons (Fsp3) is 0.526. The van der Waals surface area contributed by atoms with E-state index in [2.05, 4.69) is 0 Å². The van der Waals surface area contributed by atoms with Crippen molar-refractivity contribution in [3.8, 4) is 0 Å². The number of benzene rings is 1. The summed E-state index contributed by atoms with van der Waals surface area (Å²) >= 11 is 0. The van der Waals surface area contributed by atoms with Crippen LogP contribution in [0.5, 0.6) is 0 Å². The highest BCUT2D eigenvalue weighted by Gasteiger charge is 2.41. The van der Waals surface area contributed by atoms with Gasteiger partial charge in [0.25, 0.3) is 0 Å². The summed E-state index contributed by atoms with van der Waals surface area (Å²) in [4.78, 5) is 40.0. The van der Waals surface area contributed by atoms with E-state index in [9.17, 15) is 19.5 Å². The predicted molar refractivity (Wildman–Crippen MR) is 93.3 cm³/mol. The van der Waals surface area contributed by atoms with Crippen LogP contribution in [-0.2, 0) is 20.8 Å². The zero-order chi connectivity index (χ0) is 18.0. The number of anilines is 1. The Morgan fingerprint density at radius 1 is 1.24 bits per heavy atom. The number of carbonyl (C=O) groups excluding carboxylic acids is 2. The molecule has 0 saturated carbocycles. The molecule has 0 spiro atoms. The van der Waals surface area contributed by atoms with E-state index in [1.807, 2.05) is 31.2 Å². The Kier molecular flexibility index (Phi) is 5.06. The zero-order valence-corrected chi connectivity index (χ0v) is 14.5. The molecule has 2 amide bonds. The molecular weight excluding hydrogens is 320 g/mol. The van der Waals surface area contributed by atoms with E-state index < -0.39 is 17.9 Å². The van der Waals surface area contributed by atoms with Crippen LogP contribution >= 0.6 is 0 Å². The average molecular weight is 344 g/mol. The van der Waals surface area contributed by atoms with Crippen LogP contribution in [0.25, 0.3) is 0 Å². The Morgan fingerprint density at radius 3 is 2.72 bits per heavy atom. The van der Waals surface area contributed by atoms with Crippen molar-refractivity contribution in [2.45, 2.75) is 45.1 Å². The van der Waals surface area contributed by atoms with E-state index >= 15 is 0 Å². The maximum Gasteiger partial charge on any atom is 0.326 e. The van der Waals surface area contributed by atoms with Crippen LogP contribution in [0.15, 0.2) is 24.3 Å². The molecule has 3 rings (SSSR count). The highest BCUT2D eigenvalue weighted by molar-refractivity contribution is 6.01. The van der Waals surface area contributed by atoms with Crippen molar-refractivity contribution in [2.24, 2.45) is 5.92 Å². The lowest BCUT2D eigenvalue weighted by Crippen LogP contribution is -2.50. The van der Waals surface area contributed by atoms with Crippen molar-refractivity contribution in [3.05, 3.63) is 29.8 Å². The first-order chi connectivity index (χ1) is 12.0. The van der Waals surface area contributed by atoms with Gasteiger partial charge in [-0.05, 0) is 37.3 Å². The van der Waals surface area contributed by atoms with Crippen LogP contribution in [0.3, 0.4) is 0 Å². The molecule has 1 aromatic rings. The molecule has 25 heavy (non-hydrogen) atoms. The van der Waals surface area contributed by atoms with Crippen molar-refractivity contribution < 1.29 is 19.5 Å². The van der Waals surface area contributed by atoms with E-state index in [4.69, 9.17) is 0 Å². The molecule has 0 bridgehead atoms. The number of hydrogen-bond acceptors (Lipinski definition) is 3. The van der Waals surface area contributed by atoms with Crippen LogP contribution in [0, 0.1) is 5.92 Å². The maximum absolute atomic E-state index is 12.9. The highest BCUT2D eigenvalue weighted by atomic mass is 16.4. The number of rotatable bonds is 4. The summed E-state index contributed by atoms with van der Waals surface area (Å²) in [6.45, 7) is 2.83.